The molecule has 106 valence electrons. The minimum atomic E-state index is -1.02. The lowest BCUT2D eigenvalue weighted by atomic mass is 10.1. The predicted octanol–water partition coefficient (Wildman–Crippen LogP) is 0.511. The SMILES string of the molecule is CC(C)(C)n1ccnc(NCCOCC(=O)O)c1=O. The first-order valence-electron chi connectivity index (χ1n) is 5.94. The minimum absolute atomic E-state index is 0.192. The average Bonchev–Trinajstić information content (AvgIpc) is 2.28. The van der Waals surface area contributed by atoms with Gasteiger partial charge in [-0.3, -0.25) is 4.79 Å². The molecule has 0 unspecified atom stereocenters. The molecule has 2 N–H and O–H groups in total. The number of aliphatic carboxylic acids is 1. The molecule has 0 atom stereocenters. The van der Waals surface area contributed by atoms with E-state index in [1.807, 2.05) is 20.8 Å². The van der Waals surface area contributed by atoms with Gasteiger partial charge < -0.3 is 19.7 Å². The molecule has 0 spiro atoms. The maximum absolute atomic E-state index is 12.1. The van der Waals surface area contributed by atoms with E-state index in [0.717, 1.165) is 0 Å². The number of carboxylic acids is 1. The average molecular weight is 269 g/mol. The van der Waals surface area contributed by atoms with Crippen LogP contribution >= 0.6 is 0 Å². The number of hydrogen-bond donors (Lipinski definition) is 2. The van der Waals surface area contributed by atoms with E-state index in [-0.39, 0.29) is 30.1 Å². The number of nitrogens with one attached hydrogen (secondary N) is 1. The summed E-state index contributed by atoms with van der Waals surface area (Å²) < 4.78 is 6.44. The van der Waals surface area contributed by atoms with Gasteiger partial charge in [-0.25, -0.2) is 9.78 Å². The monoisotopic (exact) mass is 269 g/mol. The van der Waals surface area contributed by atoms with Gasteiger partial charge in [0.2, 0.25) is 0 Å². The van der Waals surface area contributed by atoms with Crippen molar-refractivity contribution in [2.75, 3.05) is 25.1 Å². The van der Waals surface area contributed by atoms with Gasteiger partial charge in [-0.2, -0.15) is 0 Å². The van der Waals surface area contributed by atoms with Crippen LogP contribution in [0.2, 0.25) is 0 Å². The first kappa shape index (κ1) is 15.2. The highest BCUT2D eigenvalue weighted by Gasteiger charge is 2.16. The summed E-state index contributed by atoms with van der Waals surface area (Å²) in [7, 11) is 0. The molecule has 19 heavy (non-hydrogen) atoms. The van der Waals surface area contributed by atoms with Crippen molar-refractivity contribution in [1.29, 1.82) is 0 Å². The van der Waals surface area contributed by atoms with Crippen molar-refractivity contribution in [3.05, 3.63) is 22.7 Å². The summed E-state index contributed by atoms with van der Waals surface area (Å²) in [6, 6.07) is 0. The van der Waals surface area contributed by atoms with Crippen LogP contribution in [0.4, 0.5) is 5.82 Å². The van der Waals surface area contributed by atoms with Crippen LogP contribution in [0.25, 0.3) is 0 Å². The smallest absolute Gasteiger partial charge is 0.329 e. The van der Waals surface area contributed by atoms with E-state index in [0.29, 0.717) is 6.54 Å². The highest BCUT2D eigenvalue weighted by molar-refractivity contribution is 5.67. The van der Waals surface area contributed by atoms with Gasteiger partial charge in [-0.15, -0.1) is 0 Å². The minimum Gasteiger partial charge on any atom is -0.480 e. The van der Waals surface area contributed by atoms with Crippen LogP contribution < -0.4 is 10.9 Å². The van der Waals surface area contributed by atoms with Crippen LogP contribution in [0, 0.1) is 0 Å². The molecule has 0 saturated heterocycles. The molecule has 0 aliphatic carbocycles. The topological polar surface area (TPSA) is 93.4 Å². The third kappa shape index (κ3) is 4.70. The number of nitrogens with zero attached hydrogens (tertiary/aromatic N) is 2. The van der Waals surface area contributed by atoms with Crippen LogP contribution in [0.15, 0.2) is 17.2 Å². The summed E-state index contributed by atoms with van der Waals surface area (Å²) in [5.41, 5.74) is -0.538. The summed E-state index contributed by atoms with van der Waals surface area (Å²) >= 11 is 0. The Labute approximate surface area is 111 Å². The highest BCUT2D eigenvalue weighted by Crippen LogP contribution is 2.10. The van der Waals surface area contributed by atoms with Gasteiger partial charge in [0.1, 0.15) is 6.61 Å². The number of carboxylic acid groups (broad SMARTS) is 1. The molecule has 0 aliphatic rings. The zero-order chi connectivity index (χ0) is 14.5. The van der Waals surface area contributed by atoms with E-state index >= 15 is 0 Å². The summed E-state index contributed by atoms with van der Waals surface area (Å²) in [6.45, 7) is 5.94. The van der Waals surface area contributed by atoms with Crippen molar-refractivity contribution < 1.29 is 14.6 Å². The largest absolute Gasteiger partial charge is 0.480 e. The Bertz CT molecular complexity index is 490. The van der Waals surface area contributed by atoms with E-state index in [4.69, 9.17) is 9.84 Å². The Morgan fingerprint density at radius 3 is 2.79 bits per heavy atom. The van der Waals surface area contributed by atoms with Crippen molar-refractivity contribution in [3.63, 3.8) is 0 Å². The maximum Gasteiger partial charge on any atom is 0.329 e. The van der Waals surface area contributed by atoms with Gasteiger partial charge in [0.05, 0.1) is 6.61 Å². The highest BCUT2D eigenvalue weighted by atomic mass is 16.5. The van der Waals surface area contributed by atoms with Gasteiger partial charge in [-0.1, -0.05) is 0 Å². The van der Waals surface area contributed by atoms with Gasteiger partial charge in [-0.05, 0) is 20.8 Å². The first-order chi connectivity index (χ1) is 8.82. The van der Waals surface area contributed by atoms with Crippen molar-refractivity contribution >= 4 is 11.8 Å². The number of rotatable bonds is 6. The van der Waals surface area contributed by atoms with Crippen molar-refractivity contribution in [1.82, 2.24) is 9.55 Å². The molecule has 1 heterocycles. The van der Waals surface area contributed by atoms with Crippen LogP contribution in [-0.4, -0.2) is 40.4 Å². The zero-order valence-corrected chi connectivity index (χ0v) is 11.3. The second-order valence-corrected chi connectivity index (χ2v) is 4.99. The van der Waals surface area contributed by atoms with Crippen LogP contribution in [0.3, 0.4) is 0 Å². The molecule has 0 amide bonds. The number of aromatic nitrogens is 2. The van der Waals surface area contributed by atoms with Crippen LogP contribution in [0.1, 0.15) is 20.8 Å². The summed E-state index contributed by atoms with van der Waals surface area (Å²) in [6.07, 6.45) is 3.18. The van der Waals surface area contributed by atoms with E-state index in [1.165, 1.54) is 0 Å². The molecule has 1 aromatic heterocycles. The Hall–Kier alpha value is -1.89. The van der Waals surface area contributed by atoms with Crippen molar-refractivity contribution in [2.24, 2.45) is 0 Å². The second kappa shape index (κ2) is 6.33. The first-order valence-corrected chi connectivity index (χ1v) is 5.94. The number of carbonyl (C=O) groups is 1. The van der Waals surface area contributed by atoms with Gasteiger partial charge in [0.15, 0.2) is 5.82 Å². The molecule has 0 radical (unpaired) electrons. The molecule has 0 bridgehead atoms. The molecule has 1 rings (SSSR count). The summed E-state index contributed by atoms with van der Waals surface area (Å²) in [4.78, 5) is 26.3. The Balaban J connectivity index is 2.60. The van der Waals surface area contributed by atoms with E-state index < -0.39 is 5.97 Å². The fourth-order valence-corrected chi connectivity index (χ4v) is 1.46. The van der Waals surface area contributed by atoms with Gasteiger partial charge in [0, 0.05) is 24.5 Å². The third-order valence-electron chi connectivity index (χ3n) is 2.33. The molecule has 0 saturated carbocycles. The molecule has 7 heteroatoms. The van der Waals surface area contributed by atoms with Crippen molar-refractivity contribution in [2.45, 2.75) is 26.3 Å². The Kier molecular flexibility index (Phi) is 5.05. The lowest BCUT2D eigenvalue weighted by Gasteiger charge is -2.22. The molecular formula is C12H19N3O4. The van der Waals surface area contributed by atoms with Gasteiger partial charge in [0.25, 0.3) is 5.56 Å². The molecule has 1 aromatic rings. The van der Waals surface area contributed by atoms with Crippen molar-refractivity contribution in [3.8, 4) is 0 Å². The molecule has 7 nitrogen and oxygen atoms in total. The van der Waals surface area contributed by atoms with Crippen LogP contribution in [0.5, 0.6) is 0 Å². The third-order valence-corrected chi connectivity index (χ3v) is 2.33. The Morgan fingerprint density at radius 1 is 1.53 bits per heavy atom. The number of hydrogen-bond acceptors (Lipinski definition) is 5. The van der Waals surface area contributed by atoms with E-state index in [9.17, 15) is 9.59 Å². The summed E-state index contributed by atoms with van der Waals surface area (Å²) in [5, 5.41) is 11.2. The Morgan fingerprint density at radius 2 is 2.21 bits per heavy atom. The summed E-state index contributed by atoms with van der Waals surface area (Å²) in [5.74, 6) is -0.788. The zero-order valence-electron chi connectivity index (χ0n) is 11.3. The molecular weight excluding hydrogens is 250 g/mol. The molecule has 0 aliphatic heterocycles. The quantitative estimate of drug-likeness (QED) is 0.731. The normalized spacial score (nSPS) is 11.3. The van der Waals surface area contributed by atoms with Crippen LogP contribution in [-0.2, 0) is 15.1 Å². The van der Waals surface area contributed by atoms with E-state index in [2.05, 4.69) is 10.3 Å². The lowest BCUT2D eigenvalue weighted by Crippen LogP contribution is -2.35. The van der Waals surface area contributed by atoms with E-state index in [1.54, 1.807) is 17.0 Å². The maximum atomic E-state index is 12.1. The fraction of sp³-hybridized carbons (Fsp3) is 0.583. The molecule has 0 aromatic carbocycles. The number of anilines is 1. The fourth-order valence-electron chi connectivity index (χ4n) is 1.46. The van der Waals surface area contributed by atoms with Gasteiger partial charge >= 0.3 is 5.97 Å². The number of ether oxygens (including phenoxy) is 1. The predicted molar refractivity (Wildman–Crippen MR) is 70.4 cm³/mol. The molecule has 0 fully saturated rings. The standard InChI is InChI=1S/C12H19N3O4/c1-12(2,3)15-6-4-13-10(11(15)18)14-5-7-19-8-9(16)17/h4,6H,5,7-8H2,1-3H3,(H,13,14)(H,16,17). The second-order valence-electron chi connectivity index (χ2n) is 4.99. The lowest BCUT2D eigenvalue weighted by molar-refractivity contribution is -0.142.